The predicted octanol–water partition coefficient (Wildman–Crippen LogP) is 3.51. The summed E-state index contributed by atoms with van der Waals surface area (Å²) < 4.78 is 8.96. The molecule has 0 aliphatic heterocycles. The zero-order valence-electron chi connectivity index (χ0n) is 18.6. The lowest BCUT2D eigenvalue weighted by Gasteiger charge is -2.11. The van der Waals surface area contributed by atoms with E-state index in [-0.39, 0.29) is 18.8 Å². The van der Waals surface area contributed by atoms with Crippen LogP contribution in [0.3, 0.4) is 0 Å². The number of rotatable bonds is 7. The summed E-state index contributed by atoms with van der Waals surface area (Å²) in [6.45, 7) is 7.37. The molecule has 0 bridgehead atoms. The number of para-hydroxylation sites is 1. The van der Waals surface area contributed by atoms with E-state index in [2.05, 4.69) is 15.1 Å². The highest BCUT2D eigenvalue weighted by Crippen LogP contribution is 2.21. The lowest BCUT2D eigenvalue weighted by atomic mass is 10.1. The molecule has 0 aliphatic rings. The van der Waals surface area contributed by atoms with Crippen LogP contribution in [0.2, 0.25) is 0 Å². The summed E-state index contributed by atoms with van der Waals surface area (Å²) in [6, 6.07) is 11.7. The van der Waals surface area contributed by atoms with Gasteiger partial charge in [0.2, 0.25) is 5.78 Å². The fraction of sp³-hybridized carbons (Fsp3) is 0.292. The first-order chi connectivity index (χ1) is 15.4. The van der Waals surface area contributed by atoms with Crippen molar-refractivity contribution in [3.05, 3.63) is 76.6 Å². The number of nitrogens with zero attached hydrogens (tertiary/aromatic N) is 5. The van der Waals surface area contributed by atoms with Gasteiger partial charge in [0, 0.05) is 40.4 Å². The van der Waals surface area contributed by atoms with Crippen LogP contribution in [0, 0.1) is 27.7 Å². The molecule has 0 N–H and O–H groups in total. The van der Waals surface area contributed by atoms with Crippen molar-refractivity contribution in [1.29, 1.82) is 0 Å². The largest absolute Gasteiger partial charge is 0.457 e. The van der Waals surface area contributed by atoms with Crippen LogP contribution in [0.15, 0.2) is 42.7 Å². The number of benzene rings is 1. The van der Waals surface area contributed by atoms with E-state index in [1.54, 1.807) is 4.52 Å². The monoisotopic (exact) mass is 431 g/mol. The molecule has 1 aromatic carbocycles. The number of hydrogen-bond donors (Lipinski definition) is 0. The van der Waals surface area contributed by atoms with E-state index in [1.165, 1.54) is 6.33 Å². The van der Waals surface area contributed by atoms with Gasteiger partial charge >= 0.3 is 5.97 Å². The normalized spacial score (nSPS) is 11.1. The molecule has 0 saturated carbocycles. The summed E-state index contributed by atoms with van der Waals surface area (Å²) in [4.78, 5) is 33.6. The highest BCUT2D eigenvalue weighted by molar-refractivity contribution is 5.99. The molecule has 0 atom stereocenters. The Morgan fingerprint density at radius 3 is 2.53 bits per heavy atom. The zero-order valence-corrected chi connectivity index (χ0v) is 18.6. The topological polar surface area (TPSA) is 91.4 Å². The summed E-state index contributed by atoms with van der Waals surface area (Å²) in [5, 5.41) is 4.16. The number of Topliss-reactive ketones (excluding diaryl/α,β-unsaturated/α-hetero) is 1. The Balaban J connectivity index is 1.39. The van der Waals surface area contributed by atoms with Crippen molar-refractivity contribution in [3.63, 3.8) is 0 Å². The number of aromatic nitrogens is 5. The van der Waals surface area contributed by atoms with Crippen LogP contribution in [0.5, 0.6) is 0 Å². The third-order valence-electron chi connectivity index (χ3n) is 5.68. The van der Waals surface area contributed by atoms with Gasteiger partial charge < -0.3 is 9.30 Å². The number of aryl methyl sites for hydroxylation is 3. The molecule has 3 heterocycles. The quantitative estimate of drug-likeness (QED) is 0.329. The average Bonchev–Trinajstić information content (AvgIpc) is 3.36. The third-order valence-corrected chi connectivity index (χ3v) is 5.68. The van der Waals surface area contributed by atoms with Crippen LogP contribution >= 0.6 is 0 Å². The highest BCUT2D eigenvalue weighted by Gasteiger charge is 2.19. The van der Waals surface area contributed by atoms with Crippen molar-refractivity contribution in [2.75, 3.05) is 6.61 Å². The SMILES string of the molecule is Cc1nc2ncnn2c(C)c1CCC(=O)OCC(=O)c1cc(C)n(-c2ccccc2)c1C. The van der Waals surface area contributed by atoms with Crippen molar-refractivity contribution in [1.82, 2.24) is 24.1 Å². The molecule has 0 saturated heterocycles. The highest BCUT2D eigenvalue weighted by atomic mass is 16.5. The molecule has 8 heteroatoms. The number of carbonyl (C=O) groups excluding carboxylic acids is 2. The lowest BCUT2D eigenvalue weighted by molar-refractivity contribution is -0.142. The Kier molecular flexibility index (Phi) is 5.85. The average molecular weight is 431 g/mol. The van der Waals surface area contributed by atoms with Crippen molar-refractivity contribution in [2.45, 2.75) is 40.5 Å². The van der Waals surface area contributed by atoms with Gasteiger partial charge in [-0.2, -0.15) is 10.1 Å². The minimum absolute atomic E-state index is 0.153. The molecular weight excluding hydrogens is 406 g/mol. The van der Waals surface area contributed by atoms with Gasteiger partial charge in [-0.05, 0) is 57.9 Å². The summed E-state index contributed by atoms with van der Waals surface area (Å²) in [5.74, 6) is -0.107. The van der Waals surface area contributed by atoms with Crippen LogP contribution in [0.4, 0.5) is 0 Å². The van der Waals surface area contributed by atoms with E-state index in [1.807, 2.05) is 68.7 Å². The van der Waals surface area contributed by atoms with Gasteiger partial charge in [0.15, 0.2) is 6.61 Å². The minimum atomic E-state index is -0.423. The first kappa shape index (κ1) is 21.4. The Morgan fingerprint density at radius 2 is 1.78 bits per heavy atom. The molecule has 0 amide bonds. The van der Waals surface area contributed by atoms with E-state index in [4.69, 9.17) is 4.74 Å². The molecule has 0 unspecified atom stereocenters. The van der Waals surface area contributed by atoms with Crippen molar-refractivity contribution in [3.8, 4) is 5.69 Å². The van der Waals surface area contributed by atoms with Gasteiger partial charge in [-0.3, -0.25) is 9.59 Å². The third kappa shape index (κ3) is 4.03. The first-order valence-corrected chi connectivity index (χ1v) is 10.5. The summed E-state index contributed by atoms with van der Waals surface area (Å²) in [7, 11) is 0. The molecular formula is C24H25N5O3. The van der Waals surface area contributed by atoms with Crippen LogP contribution in [0.25, 0.3) is 11.5 Å². The maximum Gasteiger partial charge on any atom is 0.306 e. The Hall–Kier alpha value is -3.81. The minimum Gasteiger partial charge on any atom is -0.457 e. The molecule has 3 aromatic heterocycles. The van der Waals surface area contributed by atoms with Crippen LogP contribution in [-0.2, 0) is 16.0 Å². The zero-order chi connectivity index (χ0) is 22.8. The summed E-state index contributed by atoms with van der Waals surface area (Å²) in [6.07, 6.45) is 2.06. The van der Waals surface area contributed by atoms with Crippen molar-refractivity contribution < 1.29 is 14.3 Å². The van der Waals surface area contributed by atoms with E-state index in [0.717, 1.165) is 34.0 Å². The Labute approximate surface area is 185 Å². The molecule has 0 spiro atoms. The molecule has 4 aromatic rings. The molecule has 0 fully saturated rings. The predicted molar refractivity (Wildman–Crippen MR) is 119 cm³/mol. The van der Waals surface area contributed by atoms with Gasteiger partial charge in [-0.1, -0.05) is 18.2 Å². The number of esters is 1. The fourth-order valence-corrected chi connectivity index (χ4v) is 4.06. The molecule has 0 aliphatic carbocycles. The van der Waals surface area contributed by atoms with Crippen molar-refractivity contribution >= 4 is 17.5 Å². The van der Waals surface area contributed by atoms with E-state index in [9.17, 15) is 9.59 Å². The van der Waals surface area contributed by atoms with Gasteiger partial charge in [-0.25, -0.2) is 9.50 Å². The molecule has 8 nitrogen and oxygen atoms in total. The Bertz CT molecular complexity index is 1300. The number of fused-ring (bicyclic) bond motifs is 1. The van der Waals surface area contributed by atoms with E-state index < -0.39 is 5.97 Å². The lowest BCUT2D eigenvalue weighted by Crippen LogP contribution is -2.16. The van der Waals surface area contributed by atoms with E-state index in [0.29, 0.717) is 17.8 Å². The number of ether oxygens (including phenoxy) is 1. The molecule has 4 rings (SSSR count). The second-order valence-corrected chi connectivity index (χ2v) is 7.77. The second-order valence-electron chi connectivity index (χ2n) is 7.77. The van der Waals surface area contributed by atoms with Crippen molar-refractivity contribution in [2.24, 2.45) is 0 Å². The molecule has 0 radical (unpaired) electrons. The molecule has 164 valence electrons. The second kappa shape index (κ2) is 8.74. The summed E-state index contributed by atoms with van der Waals surface area (Å²) in [5.41, 5.74) is 5.95. The maximum absolute atomic E-state index is 12.7. The Morgan fingerprint density at radius 1 is 1.03 bits per heavy atom. The number of carbonyl (C=O) groups is 2. The number of ketones is 1. The standard InChI is InChI=1S/C24H25N5O3/c1-15-12-21(17(3)28(15)19-8-6-5-7-9-19)22(30)13-32-23(31)11-10-20-16(2)27-24-25-14-26-29(24)18(20)4/h5-9,12,14H,10-11,13H2,1-4H3. The van der Waals surface area contributed by atoms with Crippen LogP contribution < -0.4 is 0 Å². The number of hydrogen-bond acceptors (Lipinski definition) is 6. The summed E-state index contributed by atoms with van der Waals surface area (Å²) >= 11 is 0. The smallest absolute Gasteiger partial charge is 0.306 e. The van der Waals surface area contributed by atoms with E-state index >= 15 is 0 Å². The first-order valence-electron chi connectivity index (χ1n) is 10.5. The van der Waals surface area contributed by atoms with Gasteiger partial charge in [0.05, 0.1) is 0 Å². The van der Waals surface area contributed by atoms with Crippen LogP contribution in [0.1, 0.15) is 45.1 Å². The van der Waals surface area contributed by atoms with Gasteiger partial charge in [0.25, 0.3) is 5.78 Å². The van der Waals surface area contributed by atoms with Gasteiger partial charge in [0.1, 0.15) is 6.33 Å². The molecule has 32 heavy (non-hydrogen) atoms. The van der Waals surface area contributed by atoms with Crippen LogP contribution in [-0.4, -0.2) is 42.5 Å². The maximum atomic E-state index is 12.7. The fourth-order valence-electron chi connectivity index (χ4n) is 4.06. The van der Waals surface area contributed by atoms with Gasteiger partial charge in [-0.15, -0.1) is 0 Å².